The first-order valence-electron chi connectivity index (χ1n) is 16.2. The van der Waals surface area contributed by atoms with Crippen LogP contribution in [0.2, 0.25) is 0 Å². The average Bonchev–Trinajstić information content (AvgIpc) is 3.04. The van der Waals surface area contributed by atoms with Gasteiger partial charge in [0.05, 0.1) is 18.6 Å². The molecule has 0 N–H and O–H groups in total. The number of hydrogen-bond acceptors (Lipinski definition) is 10. The van der Waals surface area contributed by atoms with E-state index in [1.54, 1.807) is 19.9 Å². The standard InChI is InChI=1S/C36H52O10/c1-7-9-10-11-15-20-32(39)45-34-28(24-33(40)41-5)23-29(17-8-2)46-36(34,42-6)35(3,4)26-44-31(38)22-16-21-30(37)43-25-27-18-13-12-14-19-27/h8,12-14,18-19,24,29,34H,2,7,9-11,15-17,20-23,25-26H2,1,3-6H3/b28-24+/t29-,34+,36-/m1/s1. The summed E-state index contributed by atoms with van der Waals surface area (Å²) in [6, 6.07) is 9.34. The zero-order chi connectivity index (χ0) is 34.0. The van der Waals surface area contributed by atoms with E-state index in [4.69, 9.17) is 28.4 Å². The van der Waals surface area contributed by atoms with Crippen molar-refractivity contribution in [2.75, 3.05) is 20.8 Å². The van der Waals surface area contributed by atoms with Crippen LogP contribution in [0.5, 0.6) is 0 Å². The molecule has 0 saturated carbocycles. The van der Waals surface area contributed by atoms with Crippen LogP contribution in [0.25, 0.3) is 0 Å². The van der Waals surface area contributed by atoms with Gasteiger partial charge >= 0.3 is 23.9 Å². The van der Waals surface area contributed by atoms with Gasteiger partial charge in [0.15, 0.2) is 6.10 Å². The maximum absolute atomic E-state index is 13.1. The molecule has 1 saturated heterocycles. The third-order valence-electron chi connectivity index (χ3n) is 8.00. The van der Waals surface area contributed by atoms with E-state index in [1.165, 1.54) is 20.3 Å². The number of esters is 4. The van der Waals surface area contributed by atoms with Gasteiger partial charge in [-0.15, -0.1) is 6.58 Å². The number of unbranched alkanes of at least 4 members (excludes halogenated alkanes) is 4. The lowest BCUT2D eigenvalue weighted by atomic mass is 9.75. The number of carbonyl (C=O) groups excluding carboxylic acids is 4. The van der Waals surface area contributed by atoms with Gasteiger partial charge in [0.1, 0.15) is 13.2 Å². The Labute approximate surface area is 273 Å². The lowest BCUT2D eigenvalue weighted by Gasteiger charge is -2.53. The Kier molecular flexibility index (Phi) is 16.7. The Morgan fingerprint density at radius 3 is 2.22 bits per heavy atom. The van der Waals surface area contributed by atoms with Gasteiger partial charge in [-0.25, -0.2) is 4.79 Å². The molecule has 1 aromatic rings. The highest BCUT2D eigenvalue weighted by molar-refractivity contribution is 5.83. The predicted molar refractivity (Wildman–Crippen MR) is 172 cm³/mol. The van der Waals surface area contributed by atoms with E-state index in [1.807, 2.05) is 30.3 Å². The van der Waals surface area contributed by atoms with Crippen molar-refractivity contribution in [2.45, 2.75) is 116 Å². The predicted octanol–water partition coefficient (Wildman–Crippen LogP) is 6.55. The first-order chi connectivity index (χ1) is 22.0. The molecule has 1 aliphatic heterocycles. The summed E-state index contributed by atoms with van der Waals surface area (Å²) in [4.78, 5) is 50.5. The summed E-state index contributed by atoms with van der Waals surface area (Å²) in [7, 11) is 2.70. The first-order valence-corrected chi connectivity index (χ1v) is 16.2. The smallest absolute Gasteiger partial charge is 0.330 e. The summed E-state index contributed by atoms with van der Waals surface area (Å²) in [5, 5.41) is 0. The van der Waals surface area contributed by atoms with Crippen LogP contribution in [0.1, 0.15) is 97.0 Å². The molecule has 1 aliphatic rings. The molecule has 256 valence electrons. The highest BCUT2D eigenvalue weighted by Crippen LogP contribution is 2.48. The lowest BCUT2D eigenvalue weighted by molar-refractivity contribution is -0.349. The summed E-state index contributed by atoms with van der Waals surface area (Å²) < 4.78 is 34.5. The van der Waals surface area contributed by atoms with Crippen LogP contribution in [0.4, 0.5) is 0 Å². The number of ether oxygens (including phenoxy) is 6. The summed E-state index contributed by atoms with van der Waals surface area (Å²) in [5.41, 5.74) is 0.276. The molecule has 0 spiro atoms. The molecule has 1 fully saturated rings. The largest absolute Gasteiger partial charge is 0.466 e. The van der Waals surface area contributed by atoms with Crippen LogP contribution in [0.15, 0.2) is 54.6 Å². The molecule has 10 heteroatoms. The molecule has 46 heavy (non-hydrogen) atoms. The number of rotatable bonds is 20. The summed E-state index contributed by atoms with van der Waals surface area (Å²) in [6.45, 7) is 9.52. The van der Waals surface area contributed by atoms with Crippen molar-refractivity contribution >= 4 is 23.9 Å². The van der Waals surface area contributed by atoms with Gasteiger partial charge in [0.25, 0.3) is 0 Å². The van der Waals surface area contributed by atoms with Crippen molar-refractivity contribution in [1.82, 2.24) is 0 Å². The second-order valence-corrected chi connectivity index (χ2v) is 12.2. The highest BCUT2D eigenvalue weighted by atomic mass is 16.7. The number of benzene rings is 1. The van der Waals surface area contributed by atoms with Crippen LogP contribution in [0, 0.1) is 5.41 Å². The van der Waals surface area contributed by atoms with Crippen molar-refractivity contribution in [3.8, 4) is 0 Å². The second-order valence-electron chi connectivity index (χ2n) is 12.2. The molecule has 3 atom stereocenters. The molecule has 0 bridgehead atoms. The average molecular weight is 645 g/mol. The fourth-order valence-corrected chi connectivity index (χ4v) is 5.41. The molecular formula is C36H52O10. The zero-order valence-corrected chi connectivity index (χ0v) is 28.2. The van der Waals surface area contributed by atoms with E-state index in [-0.39, 0.29) is 45.3 Å². The maximum atomic E-state index is 13.1. The van der Waals surface area contributed by atoms with E-state index < -0.39 is 47.3 Å². The number of methoxy groups -OCH3 is 2. The Morgan fingerprint density at radius 1 is 0.935 bits per heavy atom. The van der Waals surface area contributed by atoms with Crippen LogP contribution in [-0.2, 0) is 54.2 Å². The third-order valence-corrected chi connectivity index (χ3v) is 8.00. The second kappa shape index (κ2) is 19.9. The molecule has 0 aliphatic carbocycles. The molecule has 1 heterocycles. The van der Waals surface area contributed by atoms with Gasteiger partial charge in [0.2, 0.25) is 5.79 Å². The van der Waals surface area contributed by atoms with E-state index >= 15 is 0 Å². The van der Waals surface area contributed by atoms with Crippen LogP contribution in [0.3, 0.4) is 0 Å². The minimum atomic E-state index is -1.63. The van der Waals surface area contributed by atoms with Crippen LogP contribution in [-0.4, -0.2) is 62.7 Å². The summed E-state index contributed by atoms with van der Waals surface area (Å²) >= 11 is 0. The van der Waals surface area contributed by atoms with Gasteiger partial charge in [-0.05, 0) is 36.8 Å². The van der Waals surface area contributed by atoms with E-state index in [2.05, 4.69) is 13.5 Å². The highest BCUT2D eigenvalue weighted by Gasteiger charge is 2.60. The van der Waals surface area contributed by atoms with Crippen LogP contribution < -0.4 is 0 Å². The molecule has 0 unspecified atom stereocenters. The Bertz CT molecular complexity index is 1160. The van der Waals surface area contributed by atoms with Gasteiger partial charge in [-0.3, -0.25) is 14.4 Å². The van der Waals surface area contributed by atoms with E-state index in [0.717, 1.165) is 31.2 Å². The molecule has 1 aromatic carbocycles. The fourth-order valence-electron chi connectivity index (χ4n) is 5.41. The Morgan fingerprint density at radius 2 is 1.59 bits per heavy atom. The minimum Gasteiger partial charge on any atom is -0.466 e. The minimum absolute atomic E-state index is 0.000382. The van der Waals surface area contributed by atoms with E-state index in [9.17, 15) is 19.2 Å². The van der Waals surface area contributed by atoms with Crippen molar-refractivity contribution in [1.29, 1.82) is 0 Å². The van der Waals surface area contributed by atoms with Crippen molar-refractivity contribution in [3.05, 3.63) is 60.2 Å². The number of carbonyl (C=O) groups is 4. The quantitative estimate of drug-likeness (QED) is 0.0508. The molecule has 0 amide bonds. The Balaban J connectivity index is 2.16. The normalized spacial score (nSPS) is 20.5. The van der Waals surface area contributed by atoms with Crippen LogP contribution >= 0.6 is 0 Å². The third kappa shape index (κ3) is 12.0. The first kappa shape index (κ1) is 38.7. The van der Waals surface area contributed by atoms with Gasteiger partial charge in [0, 0.05) is 32.4 Å². The van der Waals surface area contributed by atoms with Gasteiger partial charge in [-0.2, -0.15) is 0 Å². The molecular weight excluding hydrogens is 592 g/mol. The monoisotopic (exact) mass is 644 g/mol. The Hall–Kier alpha value is -3.50. The molecule has 10 nitrogen and oxygen atoms in total. The lowest BCUT2D eigenvalue weighted by Crippen LogP contribution is -2.64. The fraction of sp³-hybridized carbons (Fsp3) is 0.611. The summed E-state index contributed by atoms with van der Waals surface area (Å²) in [6.07, 6.45) is 7.44. The molecule has 0 aromatic heterocycles. The maximum Gasteiger partial charge on any atom is 0.330 e. The molecule has 2 rings (SSSR count). The van der Waals surface area contributed by atoms with E-state index in [0.29, 0.717) is 18.4 Å². The topological polar surface area (TPSA) is 124 Å². The zero-order valence-electron chi connectivity index (χ0n) is 28.2. The summed E-state index contributed by atoms with van der Waals surface area (Å²) in [5.74, 6) is -3.60. The SMILES string of the molecule is C=CC[C@@H]1C/C(=C\C(=O)OC)[C@H](OC(=O)CCCCCCC)[C@](OC)(C(C)(C)COC(=O)CCCC(=O)OCc2ccccc2)O1. The molecule has 0 radical (unpaired) electrons. The number of hydrogen-bond donors (Lipinski definition) is 0. The van der Waals surface area contributed by atoms with Crippen molar-refractivity contribution in [2.24, 2.45) is 5.41 Å². The van der Waals surface area contributed by atoms with Crippen molar-refractivity contribution < 1.29 is 47.6 Å². The van der Waals surface area contributed by atoms with Gasteiger partial charge in [-0.1, -0.05) is 82.9 Å². The van der Waals surface area contributed by atoms with Gasteiger partial charge < -0.3 is 28.4 Å². The van der Waals surface area contributed by atoms with Crippen molar-refractivity contribution in [3.63, 3.8) is 0 Å².